The van der Waals surface area contributed by atoms with Gasteiger partial charge in [0.25, 0.3) is 0 Å². The molecule has 1 unspecified atom stereocenters. The number of carbonyl (C=O) groups excluding carboxylic acids is 2. The summed E-state index contributed by atoms with van der Waals surface area (Å²) in [5.41, 5.74) is 0.797. The molecule has 1 aliphatic rings. The standard InChI is InChI=1S/C12H14N2O2S/c1-17-10-5-3-2-4-8(10)14-12(16)9-6-7-11(15)13-9/h2-5,9H,6-7H2,1H3,(H,13,15)(H,14,16). The van der Waals surface area contributed by atoms with E-state index in [2.05, 4.69) is 10.6 Å². The van der Waals surface area contributed by atoms with Crippen molar-refractivity contribution in [3.63, 3.8) is 0 Å². The normalized spacial score (nSPS) is 18.9. The van der Waals surface area contributed by atoms with E-state index in [1.165, 1.54) is 0 Å². The van der Waals surface area contributed by atoms with E-state index in [1.54, 1.807) is 11.8 Å². The highest BCUT2D eigenvalue weighted by molar-refractivity contribution is 7.98. The summed E-state index contributed by atoms with van der Waals surface area (Å²) in [4.78, 5) is 24.0. The van der Waals surface area contributed by atoms with E-state index in [-0.39, 0.29) is 11.8 Å². The second-order valence-electron chi connectivity index (χ2n) is 3.85. The molecule has 5 heteroatoms. The fourth-order valence-electron chi connectivity index (χ4n) is 1.78. The first-order chi connectivity index (χ1) is 8.20. The van der Waals surface area contributed by atoms with Crippen LogP contribution < -0.4 is 10.6 Å². The van der Waals surface area contributed by atoms with Crippen LogP contribution in [0.5, 0.6) is 0 Å². The van der Waals surface area contributed by atoms with E-state index >= 15 is 0 Å². The molecule has 2 rings (SSSR count). The molecule has 90 valence electrons. The number of benzene rings is 1. The first-order valence-electron chi connectivity index (χ1n) is 5.44. The first kappa shape index (κ1) is 12.0. The minimum absolute atomic E-state index is 0.0525. The van der Waals surface area contributed by atoms with Crippen molar-refractivity contribution in [1.82, 2.24) is 5.32 Å². The molecule has 0 aromatic heterocycles. The lowest BCUT2D eigenvalue weighted by Crippen LogP contribution is -2.37. The van der Waals surface area contributed by atoms with Gasteiger partial charge in [0.05, 0.1) is 5.69 Å². The smallest absolute Gasteiger partial charge is 0.246 e. The molecule has 0 saturated carbocycles. The van der Waals surface area contributed by atoms with Gasteiger partial charge < -0.3 is 10.6 Å². The Hall–Kier alpha value is -1.49. The molecule has 0 bridgehead atoms. The topological polar surface area (TPSA) is 58.2 Å². The van der Waals surface area contributed by atoms with Crippen LogP contribution in [0.2, 0.25) is 0 Å². The Kier molecular flexibility index (Phi) is 3.68. The van der Waals surface area contributed by atoms with Gasteiger partial charge in [-0.1, -0.05) is 12.1 Å². The summed E-state index contributed by atoms with van der Waals surface area (Å²) in [6.07, 6.45) is 2.97. The number of anilines is 1. The van der Waals surface area contributed by atoms with Gasteiger partial charge in [-0.25, -0.2) is 0 Å². The predicted molar refractivity (Wildman–Crippen MR) is 68.0 cm³/mol. The number of rotatable bonds is 3. The monoisotopic (exact) mass is 250 g/mol. The first-order valence-corrected chi connectivity index (χ1v) is 6.66. The van der Waals surface area contributed by atoms with Crippen molar-refractivity contribution in [3.8, 4) is 0 Å². The number of hydrogen-bond acceptors (Lipinski definition) is 3. The van der Waals surface area contributed by atoms with E-state index in [1.807, 2.05) is 30.5 Å². The van der Waals surface area contributed by atoms with E-state index in [4.69, 9.17) is 0 Å². The van der Waals surface area contributed by atoms with Crippen molar-refractivity contribution < 1.29 is 9.59 Å². The third kappa shape index (κ3) is 2.79. The Labute approximate surface area is 104 Å². The zero-order chi connectivity index (χ0) is 12.3. The summed E-state index contributed by atoms with van der Waals surface area (Å²) in [7, 11) is 0. The fourth-order valence-corrected chi connectivity index (χ4v) is 2.33. The highest BCUT2D eigenvalue weighted by Crippen LogP contribution is 2.25. The summed E-state index contributed by atoms with van der Waals surface area (Å²) in [5.74, 6) is -0.194. The second kappa shape index (κ2) is 5.23. The summed E-state index contributed by atoms with van der Waals surface area (Å²) in [5, 5.41) is 5.50. The van der Waals surface area contributed by atoms with E-state index < -0.39 is 6.04 Å². The molecule has 1 atom stereocenters. The molecule has 1 fully saturated rings. The third-order valence-electron chi connectivity index (χ3n) is 2.68. The van der Waals surface area contributed by atoms with Crippen LogP contribution in [0.3, 0.4) is 0 Å². The summed E-state index contributed by atoms with van der Waals surface area (Å²) >= 11 is 1.58. The van der Waals surface area contributed by atoms with E-state index in [0.717, 1.165) is 10.6 Å². The Balaban J connectivity index is 2.05. The molecular weight excluding hydrogens is 236 g/mol. The number of hydrogen-bond donors (Lipinski definition) is 2. The van der Waals surface area contributed by atoms with Crippen LogP contribution in [0, 0.1) is 0 Å². The van der Waals surface area contributed by atoms with Crippen molar-refractivity contribution in [2.75, 3.05) is 11.6 Å². The van der Waals surface area contributed by atoms with Crippen molar-refractivity contribution in [3.05, 3.63) is 24.3 Å². The SMILES string of the molecule is CSc1ccccc1NC(=O)C1CCC(=O)N1. The van der Waals surface area contributed by atoms with Gasteiger partial charge in [-0.15, -0.1) is 11.8 Å². The maximum absolute atomic E-state index is 11.9. The Morgan fingerprint density at radius 1 is 1.47 bits per heavy atom. The molecule has 1 saturated heterocycles. The van der Waals surface area contributed by atoms with Gasteiger partial charge in [-0.3, -0.25) is 9.59 Å². The van der Waals surface area contributed by atoms with Gasteiger partial charge in [0.1, 0.15) is 6.04 Å². The summed E-state index contributed by atoms with van der Waals surface area (Å²) in [6, 6.07) is 7.23. The van der Waals surface area contributed by atoms with Crippen LogP contribution in [-0.2, 0) is 9.59 Å². The number of thioether (sulfide) groups is 1. The van der Waals surface area contributed by atoms with Gasteiger partial charge in [0, 0.05) is 11.3 Å². The van der Waals surface area contributed by atoms with Crippen LogP contribution in [0.1, 0.15) is 12.8 Å². The average molecular weight is 250 g/mol. The van der Waals surface area contributed by atoms with Gasteiger partial charge >= 0.3 is 0 Å². The minimum Gasteiger partial charge on any atom is -0.344 e. The molecule has 0 aliphatic carbocycles. The summed E-state index contributed by atoms with van der Waals surface area (Å²) < 4.78 is 0. The maximum Gasteiger partial charge on any atom is 0.246 e. The lowest BCUT2D eigenvalue weighted by molar-refractivity contribution is -0.122. The molecule has 1 aromatic carbocycles. The maximum atomic E-state index is 11.9. The molecule has 1 aliphatic heterocycles. The fraction of sp³-hybridized carbons (Fsp3) is 0.333. The Bertz CT molecular complexity index is 448. The average Bonchev–Trinajstić information content (AvgIpc) is 2.77. The number of nitrogens with one attached hydrogen (secondary N) is 2. The second-order valence-corrected chi connectivity index (χ2v) is 4.70. The predicted octanol–water partition coefficient (Wildman–Crippen LogP) is 1.63. The van der Waals surface area contributed by atoms with Gasteiger partial charge in [0.15, 0.2) is 0 Å². The molecule has 17 heavy (non-hydrogen) atoms. The number of carbonyl (C=O) groups is 2. The Morgan fingerprint density at radius 3 is 2.88 bits per heavy atom. The van der Waals surface area contributed by atoms with Crippen LogP contribution in [0.4, 0.5) is 5.69 Å². The largest absolute Gasteiger partial charge is 0.344 e. The lowest BCUT2D eigenvalue weighted by Gasteiger charge is -2.13. The zero-order valence-corrected chi connectivity index (χ0v) is 10.3. The molecule has 4 nitrogen and oxygen atoms in total. The van der Waals surface area contributed by atoms with Crippen LogP contribution in [-0.4, -0.2) is 24.1 Å². The molecule has 1 heterocycles. The Morgan fingerprint density at radius 2 is 2.24 bits per heavy atom. The van der Waals surface area contributed by atoms with Gasteiger partial charge in [0.2, 0.25) is 11.8 Å². The van der Waals surface area contributed by atoms with Crippen molar-refractivity contribution in [1.29, 1.82) is 0 Å². The molecule has 1 aromatic rings. The number of amides is 2. The van der Waals surface area contributed by atoms with Crippen LogP contribution in [0.25, 0.3) is 0 Å². The quantitative estimate of drug-likeness (QED) is 0.802. The van der Waals surface area contributed by atoms with Crippen LogP contribution in [0.15, 0.2) is 29.2 Å². The van der Waals surface area contributed by atoms with Crippen molar-refractivity contribution in [2.24, 2.45) is 0 Å². The molecule has 2 amide bonds. The molecule has 0 spiro atoms. The summed E-state index contributed by atoms with van der Waals surface area (Å²) in [6.45, 7) is 0. The minimum atomic E-state index is -0.391. The van der Waals surface area contributed by atoms with E-state index in [0.29, 0.717) is 12.8 Å². The van der Waals surface area contributed by atoms with E-state index in [9.17, 15) is 9.59 Å². The molecule has 0 radical (unpaired) electrons. The van der Waals surface area contributed by atoms with Crippen LogP contribution >= 0.6 is 11.8 Å². The van der Waals surface area contributed by atoms with Crippen molar-refractivity contribution in [2.45, 2.75) is 23.8 Å². The molecular formula is C12H14N2O2S. The highest BCUT2D eigenvalue weighted by atomic mass is 32.2. The highest BCUT2D eigenvalue weighted by Gasteiger charge is 2.27. The van der Waals surface area contributed by atoms with Gasteiger partial charge in [-0.2, -0.15) is 0 Å². The van der Waals surface area contributed by atoms with Crippen molar-refractivity contribution >= 4 is 29.3 Å². The third-order valence-corrected chi connectivity index (χ3v) is 3.47. The zero-order valence-electron chi connectivity index (χ0n) is 9.53. The number of para-hydroxylation sites is 1. The lowest BCUT2D eigenvalue weighted by atomic mass is 10.2. The molecule has 2 N–H and O–H groups in total. The van der Waals surface area contributed by atoms with Gasteiger partial charge in [-0.05, 0) is 24.8 Å².